The number of ether oxygens (including phenoxy) is 2. The largest absolute Gasteiger partial charge is 0.385 e. The number of rotatable bonds is 0. The summed E-state index contributed by atoms with van der Waals surface area (Å²) in [6.07, 6.45) is 3.47. The monoisotopic (exact) mass is 352 g/mol. The molecule has 2 saturated heterocycles. The van der Waals surface area contributed by atoms with Crippen LogP contribution >= 0.6 is 0 Å². The minimum Gasteiger partial charge on any atom is -0.385 e. The van der Waals surface area contributed by atoms with Gasteiger partial charge in [0.15, 0.2) is 12.1 Å². The number of aliphatic hydroxyl groups is 2. The summed E-state index contributed by atoms with van der Waals surface area (Å²) in [7, 11) is 0. The smallest absolute Gasteiger partial charge is 0.167 e. The first-order chi connectivity index (χ1) is 11.6. The van der Waals surface area contributed by atoms with E-state index in [0.717, 1.165) is 32.1 Å². The van der Waals surface area contributed by atoms with Gasteiger partial charge in [0.05, 0.1) is 17.8 Å². The van der Waals surface area contributed by atoms with E-state index in [9.17, 15) is 15.0 Å². The van der Waals surface area contributed by atoms with E-state index in [1.165, 1.54) is 0 Å². The van der Waals surface area contributed by atoms with E-state index in [1.807, 2.05) is 6.92 Å². The summed E-state index contributed by atoms with van der Waals surface area (Å²) in [5, 5.41) is 20.8. The lowest BCUT2D eigenvalue weighted by atomic mass is 9.43. The lowest BCUT2D eigenvalue weighted by Gasteiger charge is -2.64. The van der Waals surface area contributed by atoms with Gasteiger partial charge >= 0.3 is 0 Å². The lowest BCUT2D eigenvalue weighted by molar-refractivity contribution is -0.257. The van der Waals surface area contributed by atoms with Crippen molar-refractivity contribution in [2.75, 3.05) is 6.61 Å². The maximum atomic E-state index is 13.0. The molecular formula is C20H32O5. The zero-order valence-electron chi connectivity index (χ0n) is 15.9. The van der Waals surface area contributed by atoms with Crippen LogP contribution in [0.4, 0.5) is 0 Å². The maximum absolute atomic E-state index is 13.0. The first-order valence-electron chi connectivity index (χ1n) is 9.79. The van der Waals surface area contributed by atoms with Crippen molar-refractivity contribution >= 4 is 5.78 Å². The van der Waals surface area contributed by atoms with E-state index in [1.54, 1.807) is 0 Å². The average Bonchev–Trinajstić information content (AvgIpc) is 3.08. The predicted molar refractivity (Wildman–Crippen MR) is 91.8 cm³/mol. The van der Waals surface area contributed by atoms with E-state index < -0.39 is 23.6 Å². The second kappa shape index (κ2) is 5.28. The highest BCUT2D eigenvalue weighted by atomic mass is 16.6. The topological polar surface area (TPSA) is 76.0 Å². The Hall–Kier alpha value is -0.490. The molecular weight excluding hydrogens is 320 g/mol. The quantitative estimate of drug-likeness (QED) is 0.700. The van der Waals surface area contributed by atoms with Gasteiger partial charge in [-0.2, -0.15) is 0 Å². The maximum Gasteiger partial charge on any atom is 0.167 e. The molecule has 4 aliphatic rings. The van der Waals surface area contributed by atoms with E-state index in [0.29, 0.717) is 13.0 Å². The molecule has 2 heterocycles. The van der Waals surface area contributed by atoms with Crippen LogP contribution in [0.1, 0.15) is 66.2 Å². The highest BCUT2D eigenvalue weighted by molar-refractivity contribution is 5.88. The Bertz CT molecular complexity index is 589. The molecule has 0 bridgehead atoms. The molecule has 4 rings (SSSR count). The molecule has 2 aliphatic carbocycles. The molecule has 2 spiro atoms. The van der Waals surface area contributed by atoms with Crippen molar-refractivity contribution in [3.63, 3.8) is 0 Å². The van der Waals surface area contributed by atoms with Gasteiger partial charge in [0.25, 0.3) is 0 Å². The molecule has 142 valence electrons. The number of fused-ring (bicyclic) bond motifs is 2. The van der Waals surface area contributed by atoms with Gasteiger partial charge in [-0.3, -0.25) is 4.79 Å². The molecule has 5 heteroatoms. The van der Waals surface area contributed by atoms with Crippen molar-refractivity contribution in [3.05, 3.63) is 0 Å². The van der Waals surface area contributed by atoms with Crippen molar-refractivity contribution in [1.82, 2.24) is 0 Å². The van der Waals surface area contributed by atoms with Gasteiger partial charge in [-0.1, -0.05) is 34.1 Å². The second-order valence-electron chi connectivity index (χ2n) is 9.95. The molecule has 0 aromatic heterocycles. The molecule has 0 aromatic carbocycles. The summed E-state index contributed by atoms with van der Waals surface area (Å²) in [6.45, 7) is 8.92. The summed E-state index contributed by atoms with van der Waals surface area (Å²) < 4.78 is 12.2. The molecule has 0 radical (unpaired) electrons. The second-order valence-corrected chi connectivity index (χ2v) is 9.95. The van der Waals surface area contributed by atoms with Crippen LogP contribution < -0.4 is 0 Å². The molecule has 4 fully saturated rings. The first kappa shape index (κ1) is 17.9. The molecule has 7 atom stereocenters. The fourth-order valence-electron chi connectivity index (χ4n) is 7.02. The van der Waals surface area contributed by atoms with Crippen LogP contribution in [0.3, 0.4) is 0 Å². The molecule has 2 aliphatic heterocycles. The third kappa shape index (κ3) is 2.19. The molecule has 5 nitrogen and oxygen atoms in total. The van der Waals surface area contributed by atoms with Crippen LogP contribution in [0, 0.1) is 22.7 Å². The van der Waals surface area contributed by atoms with Gasteiger partial charge < -0.3 is 19.7 Å². The van der Waals surface area contributed by atoms with Gasteiger partial charge in [-0.05, 0) is 31.1 Å². The van der Waals surface area contributed by atoms with Gasteiger partial charge in [0.1, 0.15) is 6.10 Å². The van der Waals surface area contributed by atoms with Crippen molar-refractivity contribution in [1.29, 1.82) is 0 Å². The summed E-state index contributed by atoms with van der Waals surface area (Å²) in [6, 6.07) is 0. The summed E-state index contributed by atoms with van der Waals surface area (Å²) in [5.74, 6) is -0.511. The van der Waals surface area contributed by atoms with Gasteiger partial charge in [0, 0.05) is 23.7 Å². The minimum atomic E-state index is -0.911. The molecule has 25 heavy (non-hydrogen) atoms. The minimum absolute atomic E-state index is 0.0750. The van der Waals surface area contributed by atoms with Crippen LogP contribution in [0.2, 0.25) is 0 Å². The average molecular weight is 352 g/mol. The number of carbonyl (C=O) groups excluding carboxylic acids is 1. The van der Waals surface area contributed by atoms with E-state index in [4.69, 9.17) is 9.47 Å². The van der Waals surface area contributed by atoms with Crippen molar-refractivity contribution < 1.29 is 24.5 Å². The van der Waals surface area contributed by atoms with Gasteiger partial charge in [0.2, 0.25) is 0 Å². The van der Waals surface area contributed by atoms with Gasteiger partial charge in [-0.25, -0.2) is 0 Å². The number of hydrogen-bond acceptors (Lipinski definition) is 5. The Morgan fingerprint density at radius 3 is 2.44 bits per heavy atom. The summed E-state index contributed by atoms with van der Waals surface area (Å²) >= 11 is 0. The summed E-state index contributed by atoms with van der Waals surface area (Å²) in [4.78, 5) is 13.0. The molecule has 0 aromatic rings. The number of carbonyl (C=O) groups is 1. The SMILES string of the molecule is C[C@@H]1C(=O)[C@@H](O)[C@H]2C(C)(C)CCC[C@]2(C)[C@@]12CC[C@@]1(COC(O)C1)O2. The van der Waals surface area contributed by atoms with Crippen molar-refractivity contribution in [2.45, 2.75) is 89.8 Å². The van der Waals surface area contributed by atoms with Gasteiger partial charge in [-0.15, -0.1) is 0 Å². The van der Waals surface area contributed by atoms with Crippen LogP contribution in [-0.4, -0.2) is 46.2 Å². The fourth-order valence-corrected chi connectivity index (χ4v) is 7.02. The van der Waals surface area contributed by atoms with E-state index in [-0.39, 0.29) is 28.4 Å². The Kier molecular flexibility index (Phi) is 3.78. The van der Waals surface area contributed by atoms with Crippen LogP contribution in [0.25, 0.3) is 0 Å². The number of ketones is 1. The zero-order chi connectivity index (χ0) is 18.3. The third-order valence-corrected chi connectivity index (χ3v) is 8.18. The fraction of sp³-hybridized carbons (Fsp3) is 0.950. The van der Waals surface area contributed by atoms with E-state index >= 15 is 0 Å². The highest BCUT2D eigenvalue weighted by Gasteiger charge is 2.72. The molecule has 1 unspecified atom stereocenters. The van der Waals surface area contributed by atoms with Crippen molar-refractivity contribution in [2.24, 2.45) is 22.7 Å². The van der Waals surface area contributed by atoms with Crippen LogP contribution in [0.5, 0.6) is 0 Å². The van der Waals surface area contributed by atoms with E-state index in [2.05, 4.69) is 20.8 Å². The number of aliphatic hydroxyl groups excluding tert-OH is 2. The predicted octanol–water partition coefficient (Wildman–Crippen LogP) is 2.43. The third-order valence-electron chi connectivity index (χ3n) is 8.18. The number of Topliss-reactive ketones (excluding diaryl/α,β-unsaturated/α-hetero) is 1. The Labute approximate surface area is 150 Å². The van der Waals surface area contributed by atoms with Crippen LogP contribution in [-0.2, 0) is 14.3 Å². The Morgan fingerprint density at radius 1 is 1.08 bits per heavy atom. The number of hydrogen-bond donors (Lipinski definition) is 2. The standard InChI is InChI=1S/C20H32O5/c1-12-14(22)15(23)16-17(2,3)6-5-7-18(16,4)20(12)9-8-19(25-20)10-13(21)24-11-19/h12-13,15-16,21,23H,5-11H2,1-4H3/t12-,13?,15-,16+,18+,19-,20-/m1/s1. The Balaban J connectivity index is 1.79. The van der Waals surface area contributed by atoms with Crippen molar-refractivity contribution in [3.8, 4) is 0 Å². The van der Waals surface area contributed by atoms with Crippen LogP contribution in [0.15, 0.2) is 0 Å². The summed E-state index contributed by atoms with van der Waals surface area (Å²) in [5.41, 5.74) is -1.40. The molecule has 2 N–H and O–H groups in total. The zero-order valence-corrected chi connectivity index (χ0v) is 15.9. The molecule has 0 amide bonds. The lowest BCUT2D eigenvalue weighted by Crippen LogP contribution is -2.70. The highest BCUT2D eigenvalue weighted by Crippen LogP contribution is 2.67. The first-order valence-corrected chi connectivity index (χ1v) is 9.79. The Morgan fingerprint density at radius 2 is 1.80 bits per heavy atom. The molecule has 2 saturated carbocycles. The normalized spacial score (nSPS) is 55.0.